The van der Waals surface area contributed by atoms with Crippen LogP contribution in [0, 0.1) is 11.5 Å². The Morgan fingerprint density at radius 1 is 1.50 bits per heavy atom. The van der Waals surface area contributed by atoms with Crippen LogP contribution in [0.5, 0.6) is 0 Å². The number of carbonyl (C=O) groups is 1. The summed E-state index contributed by atoms with van der Waals surface area (Å²) >= 11 is 6.51. The van der Waals surface area contributed by atoms with Crippen molar-refractivity contribution in [1.82, 2.24) is 14.5 Å². The summed E-state index contributed by atoms with van der Waals surface area (Å²) in [5.74, 6) is 0. The van der Waals surface area contributed by atoms with Gasteiger partial charge in [0, 0.05) is 34.5 Å². The smallest absolute Gasteiger partial charge is 0.411 e. The minimum atomic E-state index is -3.81. The van der Waals surface area contributed by atoms with Crippen LogP contribution in [0.15, 0.2) is 32.0 Å². The molecule has 1 aromatic rings. The molecule has 0 aromatic heterocycles. The van der Waals surface area contributed by atoms with E-state index in [0.717, 1.165) is 0 Å². The molecule has 1 fully saturated rings. The largest absolute Gasteiger partial charge is 0.453 e. The Labute approximate surface area is 169 Å². The van der Waals surface area contributed by atoms with Crippen molar-refractivity contribution in [3.05, 3.63) is 27.1 Å². The number of nitrogens with one attached hydrogen (secondary N) is 1. The lowest BCUT2D eigenvalue weighted by atomic mass is 10.2. The topological polar surface area (TPSA) is 103 Å². The number of halogens is 2. The van der Waals surface area contributed by atoms with Crippen molar-refractivity contribution in [2.24, 2.45) is 0 Å². The van der Waals surface area contributed by atoms with Gasteiger partial charge in [-0.1, -0.05) is 15.9 Å². The van der Waals surface area contributed by atoms with Crippen LogP contribution in [0.4, 0.5) is 4.79 Å². The van der Waals surface area contributed by atoms with Crippen LogP contribution < -0.4 is 4.72 Å². The van der Waals surface area contributed by atoms with Gasteiger partial charge in [0.25, 0.3) is 0 Å². The second kappa shape index (κ2) is 8.56. The maximum absolute atomic E-state index is 12.7. The quantitative estimate of drug-likeness (QED) is 0.611. The minimum Gasteiger partial charge on any atom is -0.453 e. The van der Waals surface area contributed by atoms with Crippen LogP contribution in [-0.2, 0) is 14.8 Å². The highest BCUT2D eigenvalue weighted by Crippen LogP contribution is 2.27. The maximum Gasteiger partial charge on any atom is 0.411 e. The Morgan fingerprint density at radius 3 is 2.77 bits per heavy atom. The van der Waals surface area contributed by atoms with Crippen LogP contribution in [0.1, 0.15) is 13.3 Å². The Kier molecular flexibility index (Phi) is 6.90. The third kappa shape index (κ3) is 4.49. The molecule has 0 bridgehead atoms. The van der Waals surface area contributed by atoms with Crippen molar-refractivity contribution in [3.8, 4) is 6.19 Å². The highest BCUT2D eigenvalue weighted by atomic mass is 79.9. The first-order chi connectivity index (χ1) is 12.2. The van der Waals surface area contributed by atoms with E-state index in [1.807, 2.05) is 6.19 Å². The lowest BCUT2D eigenvalue weighted by Gasteiger charge is -2.29. The Bertz CT molecular complexity index is 827. The van der Waals surface area contributed by atoms with Gasteiger partial charge in [0.05, 0.1) is 12.0 Å². The van der Waals surface area contributed by atoms with Crippen molar-refractivity contribution in [2.75, 3.05) is 20.2 Å². The summed E-state index contributed by atoms with van der Waals surface area (Å²) in [6.07, 6.45) is 1.18. The van der Waals surface area contributed by atoms with Gasteiger partial charge in [-0.3, -0.25) is 9.80 Å². The van der Waals surface area contributed by atoms with Crippen molar-refractivity contribution in [2.45, 2.75) is 30.4 Å². The first kappa shape index (κ1) is 21.0. The number of nitriles is 1. The second-order valence-electron chi connectivity index (χ2n) is 5.62. The summed E-state index contributed by atoms with van der Waals surface area (Å²) in [6.45, 7) is 2.27. The number of hydrogen-bond acceptors (Lipinski definition) is 6. The van der Waals surface area contributed by atoms with Crippen LogP contribution >= 0.6 is 31.9 Å². The van der Waals surface area contributed by atoms with Crippen LogP contribution in [0.25, 0.3) is 0 Å². The summed E-state index contributed by atoms with van der Waals surface area (Å²) in [7, 11) is -2.54. The number of carbonyl (C=O) groups excluding carboxylic acids is 1. The molecule has 1 saturated heterocycles. The van der Waals surface area contributed by atoms with Crippen molar-refractivity contribution < 1.29 is 17.9 Å². The standard InChI is InChI=1S/C15H18Br2N4O4S/c1-3-21(15(22)25-2)14-7-11(8-20(14)9-18)19-26(23,24)13-6-10(16)4-5-12(13)17/h4-6,11,14,19H,3,7-8H2,1-2H3/t11-,14-/m1/s1. The fraction of sp³-hybridized carbons (Fsp3) is 0.467. The van der Waals surface area contributed by atoms with Crippen LogP contribution in [0.3, 0.4) is 0 Å². The number of nitrogens with zero attached hydrogens (tertiary/aromatic N) is 3. The zero-order valence-corrected chi connectivity index (χ0v) is 18.1. The van der Waals surface area contributed by atoms with Gasteiger partial charge < -0.3 is 4.74 Å². The van der Waals surface area contributed by atoms with Gasteiger partial charge in [-0.2, -0.15) is 5.26 Å². The number of hydrogen-bond donors (Lipinski definition) is 1. The molecule has 0 spiro atoms. The van der Waals surface area contributed by atoms with Gasteiger partial charge >= 0.3 is 6.09 Å². The average Bonchev–Trinajstić information content (AvgIpc) is 2.99. The zero-order chi connectivity index (χ0) is 19.5. The molecule has 1 heterocycles. The molecule has 1 aromatic carbocycles. The first-order valence-electron chi connectivity index (χ1n) is 7.71. The number of likely N-dealkylation sites (tertiary alicyclic amines) is 1. The van der Waals surface area contributed by atoms with E-state index in [-0.39, 0.29) is 17.9 Å². The molecule has 1 N–H and O–H groups in total. The van der Waals surface area contributed by atoms with Crippen molar-refractivity contribution in [3.63, 3.8) is 0 Å². The third-order valence-electron chi connectivity index (χ3n) is 4.01. The van der Waals surface area contributed by atoms with Gasteiger partial charge in [0.2, 0.25) is 10.0 Å². The fourth-order valence-electron chi connectivity index (χ4n) is 2.85. The molecule has 2 atom stereocenters. The number of amides is 1. The molecule has 1 amide bonds. The molecule has 1 aliphatic rings. The highest BCUT2D eigenvalue weighted by Gasteiger charge is 2.39. The normalized spacial score (nSPS) is 19.9. The lowest BCUT2D eigenvalue weighted by Crippen LogP contribution is -2.46. The van der Waals surface area contributed by atoms with Crippen molar-refractivity contribution >= 4 is 48.0 Å². The molecule has 0 unspecified atom stereocenters. The number of sulfonamides is 1. The van der Waals surface area contributed by atoms with Gasteiger partial charge in [0.15, 0.2) is 6.19 Å². The van der Waals surface area contributed by atoms with Crippen LogP contribution in [-0.4, -0.2) is 56.7 Å². The Balaban J connectivity index is 2.22. The van der Waals surface area contributed by atoms with E-state index in [2.05, 4.69) is 36.6 Å². The fourth-order valence-corrected chi connectivity index (χ4v) is 5.59. The molecule has 2 rings (SSSR count). The van der Waals surface area contributed by atoms with E-state index in [9.17, 15) is 18.5 Å². The maximum atomic E-state index is 12.7. The molecule has 0 saturated carbocycles. The van der Waals surface area contributed by atoms with Gasteiger partial charge in [-0.05, 0) is 41.1 Å². The zero-order valence-electron chi connectivity index (χ0n) is 14.1. The number of methoxy groups -OCH3 is 1. The minimum absolute atomic E-state index is 0.0964. The van der Waals surface area contributed by atoms with E-state index < -0.39 is 28.3 Å². The summed E-state index contributed by atoms with van der Waals surface area (Å²) in [5.41, 5.74) is 0. The number of ether oxygens (including phenoxy) is 1. The third-order valence-corrected chi connectivity index (χ3v) is 7.02. The van der Waals surface area contributed by atoms with E-state index in [4.69, 9.17) is 4.74 Å². The monoisotopic (exact) mass is 508 g/mol. The van der Waals surface area contributed by atoms with Crippen molar-refractivity contribution in [1.29, 1.82) is 5.26 Å². The summed E-state index contributed by atoms with van der Waals surface area (Å²) in [5, 5.41) is 9.36. The number of benzene rings is 1. The summed E-state index contributed by atoms with van der Waals surface area (Å²) < 4.78 is 33.9. The molecule has 11 heteroatoms. The van der Waals surface area contributed by atoms with E-state index in [1.165, 1.54) is 23.0 Å². The first-order valence-corrected chi connectivity index (χ1v) is 10.8. The molecular formula is C15H18Br2N4O4S. The molecule has 8 nitrogen and oxygen atoms in total. The summed E-state index contributed by atoms with van der Waals surface area (Å²) in [4.78, 5) is 14.8. The predicted molar refractivity (Wildman–Crippen MR) is 101 cm³/mol. The molecule has 142 valence electrons. The molecule has 0 radical (unpaired) electrons. The van der Waals surface area contributed by atoms with Gasteiger partial charge in [0.1, 0.15) is 6.17 Å². The van der Waals surface area contributed by atoms with Gasteiger partial charge in [-0.15, -0.1) is 0 Å². The van der Waals surface area contributed by atoms with Crippen LogP contribution in [0.2, 0.25) is 0 Å². The van der Waals surface area contributed by atoms with Gasteiger partial charge in [-0.25, -0.2) is 17.9 Å². The highest BCUT2D eigenvalue weighted by molar-refractivity contribution is 9.11. The average molecular weight is 510 g/mol. The second-order valence-corrected chi connectivity index (χ2v) is 9.07. The molecule has 26 heavy (non-hydrogen) atoms. The van der Waals surface area contributed by atoms with E-state index in [1.54, 1.807) is 19.1 Å². The predicted octanol–water partition coefficient (Wildman–Crippen LogP) is 2.46. The van der Waals surface area contributed by atoms with E-state index >= 15 is 0 Å². The SMILES string of the molecule is CCN(C(=O)OC)[C@@H]1C[C@@H](NS(=O)(=O)c2cc(Br)ccc2Br)CN1C#N. The molecular weight excluding hydrogens is 492 g/mol. The van der Waals surface area contributed by atoms with E-state index in [0.29, 0.717) is 15.5 Å². The Hall–Kier alpha value is -1.35. The summed E-state index contributed by atoms with van der Waals surface area (Å²) in [6, 6.07) is 4.33. The number of rotatable bonds is 5. The molecule has 0 aliphatic carbocycles. The molecule has 1 aliphatic heterocycles. The Morgan fingerprint density at radius 2 is 2.19 bits per heavy atom. The lowest BCUT2D eigenvalue weighted by molar-refractivity contribution is 0.0786.